The Kier molecular flexibility index (Phi) is 9.08. The summed E-state index contributed by atoms with van der Waals surface area (Å²) < 4.78 is 0. The molecular formula is C31H52N2O6-2. The zero-order valence-corrected chi connectivity index (χ0v) is 26.4. The second kappa shape index (κ2) is 10.7. The van der Waals surface area contributed by atoms with Crippen LogP contribution in [0.2, 0.25) is 0 Å². The van der Waals surface area contributed by atoms with E-state index in [-0.39, 0.29) is 24.7 Å². The van der Waals surface area contributed by atoms with Crippen molar-refractivity contribution in [1.29, 1.82) is 0 Å². The van der Waals surface area contributed by atoms with E-state index in [0.29, 0.717) is 25.7 Å². The first-order valence-electron chi connectivity index (χ1n) is 14.8. The van der Waals surface area contributed by atoms with Crippen molar-refractivity contribution in [2.45, 2.75) is 144 Å². The van der Waals surface area contributed by atoms with Crippen molar-refractivity contribution in [3.8, 4) is 0 Å². The van der Waals surface area contributed by atoms with E-state index in [4.69, 9.17) is 0 Å². The Bertz CT molecular complexity index is 920. The Labute approximate surface area is 235 Å². The number of likely N-dealkylation sites (tertiary alicyclic amines) is 2. The number of hydrogen-bond donors (Lipinski definition) is 0. The molecule has 8 nitrogen and oxygen atoms in total. The fourth-order valence-corrected chi connectivity index (χ4v) is 9.11. The summed E-state index contributed by atoms with van der Waals surface area (Å²) >= 11 is 0. The number of rotatable bonds is 8. The van der Waals surface area contributed by atoms with Gasteiger partial charge in [-0.25, -0.2) is 0 Å². The van der Waals surface area contributed by atoms with E-state index < -0.39 is 63.2 Å². The molecule has 2 aliphatic rings. The summed E-state index contributed by atoms with van der Waals surface area (Å²) in [7, 11) is 0. The molecule has 0 radical (unpaired) electrons. The van der Waals surface area contributed by atoms with Gasteiger partial charge in [0.2, 0.25) is 11.8 Å². The molecule has 2 saturated heterocycles. The second-order valence-electron chi connectivity index (χ2n) is 13.5. The molecule has 2 amide bonds. The van der Waals surface area contributed by atoms with Gasteiger partial charge in [-0.2, -0.15) is 0 Å². The van der Waals surface area contributed by atoms with Crippen molar-refractivity contribution in [2.75, 3.05) is 0 Å². The molecule has 39 heavy (non-hydrogen) atoms. The van der Waals surface area contributed by atoms with Gasteiger partial charge in [0.25, 0.3) is 0 Å². The van der Waals surface area contributed by atoms with Crippen molar-refractivity contribution in [1.82, 2.24) is 9.80 Å². The van der Waals surface area contributed by atoms with Crippen LogP contribution in [0.1, 0.15) is 122 Å². The average Bonchev–Trinajstić information content (AvgIpc) is 2.84. The molecule has 8 unspecified atom stereocenters. The number of carbonyl (C=O) groups is 4. The van der Waals surface area contributed by atoms with E-state index in [2.05, 4.69) is 0 Å². The molecule has 0 saturated carbocycles. The van der Waals surface area contributed by atoms with Gasteiger partial charge in [-0.15, -0.1) is 0 Å². The predicted octanol–water partition coefficient (Wildman–Crippen LogP) is 3.16. The molecule has 0 aromatic carbocycles. The van der Waals surface area contributed by atoms with Gasteiger partial charge >= 0.3 is 0 Å². The van der Waals surface area contributed by atoms with Crippen molar-refractivity contribution in [3.05, 3.63) is 0 Å². The maximum atomic E-state index is 13.5. The number of carbonyl (C=O) groups excluding carboxylic acids is 4. The summed E-state index contributed by atoms with van der Waals surface area (Å²) in [4.78, 5) is 56.8. The topological polar surface area (TPSA) is 121 Å². The Morgan fingerprint density at radius 1 is 0.667 bits per heavy atom. The number of hydrogen-bond acceptors (Lipinski definition) is 6. The third-order valence-electron chi connectivity index (χ3n) is 12.0. The highest BCUT2D eigenvalue weighted by molar-refractivity contribution is 5.97. The van der Waals surface area contributed by atoms with E-state index in [1.54, 1.807) is 0 Å². The fraction of sp³-hybridized carbons (Fsp3) is 0.871. The van der Waals surface area contributed by atoms with Gasteiger partial charge in [0.1, 0.15) is 0 Å². The van der Waals surface area contributed by atoms with Crippen LogP contribution in [0.15, 0.2) is 0 Å². The van der Waals surface area contributed by atoms with Gasteiger partial charge in [0, 0.05) is 36.0 Å². The number of amides is 2. The van der Waals surface area contributed by atoms with Gasteiger partial charge in [-0.3, -0.25) is 9.59 Å². The largest absolute Gasteiger partial charge is 0.549 e. The molecule has 0 bridgehead atoms. The summed E-state index contributed by atoms with van der Waals surface area (Å²) in [5, 5.41) is 27.0. The van der Waals surface area contributed by atoms with Gasteiger partial charge in [-0.05, 0) is 89.9 Å². The van der Waals surface area contributed by atoms with Crippen LogP contribution < -0.4 is 10.2 Å². The molecule has 224 valence electrons. The van der Waals surface area contributed by atoms with Crippen LogP contribution in [0.25, 0.3) is 0 Å². The summed E-state index contributed by atoms with van der Waals surface area (Å²) in [6, 6.07) is 0. The lowest BCUT2D eigenvalue weighted by molar-refractivity contribution is -0.359. The van der Waals surface area contributed by atoms with Gasteiger partial charge in [0.05, 0.1) is 17.4 Å². The predicted molar refractivity (Wildman–Crippen MR) is 147 cm³/mol. The number of nitrogens with zero attached hydrogens (tertiary/aromatic N) is 2. The third kappa shape index (κ3) is 4.48. The van der Waals surface area contributed by atoms with Crippen LogP contribution in [-0.2, 0) is 19.2 Å². The van der Waals surface area contributed by atoms with Crippen LogP contribution in [-0.4, -0.2) is 55.7 Å². The Balaban J connectivity index is 2.97. The van der Waals surface area contributed by atoms with Crippen LogP contribution >= 0.6 is 0 Å². The molecule has 2 fully saturated rings. The van der Waals surface area contributed by atoms with E-state index in [1.165, 1.54) is 13.8 Å². The Morgan fingerprint density at radius 3 is 1.13 bits per heavy atom. The lowest BCUT2D eigenvalue weighted by atomic mass is 9.47. The molecule has 0 N–H and O–H groups in total. The van der Waals surface area contributed by atoms with E-state index in [9.17, 15) is 29.4 Å². The summed E-state index contributed by atoms with van der Waals surface area (Å²) in [6.45, 7) is 22.4. The molecular weight excluding hydrogens is 496 g/mol. The fourth-order valence-electron chi connectivity index (χ4n) is 9.11. The van der Waals surface area contributed by atoms with Crippen LogP contribution in [0.4, 0.5) is 0 Å². The first kappa shape index (κ1) is 33.1. The van der Waals surface area contributed by atoms with Gasteiger partial charge < -0.3 is 29.6 Å². The molecule has 2 aliphatic heterocycles. The molecule has 0 aliphatic carbocycles. The standard InChI is InChI=1S/C31H54N2O6/c1-13-27(9)17-23(19(5)29(11,15-3)32(27)21(7)34)31(25(36)37,26(38)39)24-18-28(10,14-2)33(22(8)35)30(12,16-4)20(24)6/h19-20,23-24H,13-18H2,1-12H3,(H,36,37)(H,38,39)/p-2. The Morgan fingerprint density at radius 2 is 0.949 bits per heavy atom. The maximum absolute atomic E-state index is 13.5. The lowest BCUT2D eigenvalue weighted by Gasteiger charge is -2.68. The normalized spacial score (nSPS) is 39.4. The molecule has 8 atom stereocenters. The Hall–Kier alpha value is -2.12. The number of carboxylic acid groups (broad SMARTS) is 2. The number of carboxylic acids is 2. The molecule has 2 rings (SSSR count). The van der Waals surface area contributed by atoms with Crippen molar-refractivity contribution < 1.29 is 29.4 Å². The highest BCUT2D eigenvalue weighted by atomic mass is 16.4. The van der Waals surface area contributed by atoms with Crippen molar-refractivity contribution >= 4 is 23.8 Å². The van der Waals surface area contributed by atoms with Gasteiger partial charge in [-0.1, -0.05) is 41.5 Å². The third-order valence-corrected chi connectivity index (χ3v) is 12.0. The SMILES string of the molecule is CCC1(C)CC(C(C(=O)[O-])(C(=O)[O-])C2CC(C)(CC)N(C(C)=O)C(C)(CC)C2C)C(C)C(C)(CC)N1C(C)=O. The molecule has 0 aromatic rings. The van der Waals surface area contributed by atoms with E-state index >= 15 is 0 Å². The van der Waals surface area contributed by atoms with Crippen LogP contribution in [0.5, 0.6) is 0 Å². The second-order valence-corrected chi connectivity index (χ2v) is 13.5. The average molecular weight is 549 g/mol. The highest BCUT2D eigenvalue weighted by Crippen LogP contribution is 2.61. The molecule has 0 spiro atoms. The molecule has 0 aromatic heterocycles. The summed E-state index contributed by atoms with van der Waals surface area (Å²) in [5.74, 6) is -6.12. The smallest absolute Gasteiger partial charge is 0.220 e. The zero-order valence-electron chi connectivity index (χ0n) is 26.4. The minimum Gasteiger partial charge on any atom is -0.549 e. The van der Waals surface area contributed by atoms with Crippen molar-refractivity contribution in [2.24, 2.45) is 29.1 Å². The summed E-state index contributed by atoms with van der Waals surface area (Å²) in [5.41, 5.74) is -5.38. The minimum absolute atomic E-state index is 0.109. The quantitative estimate of drug-likeness (QED) is 0.430. The summed E-state index contributed by atoms with van der Waals surface area (Å²) in [6.07, 6.45) is 2.56. The van der Waals surface area contributed by atoms with E-state index in [0.717, 1.165) is 0 Å². The van der Waals surface area contributed by atoms with Crippen LogP contribution in [0, 0.1) is 29.1 Å². The zero-order chi connectivity index (χ0) is 30.5. The maximum Gasteiger partial charge on any atom is 0.220 e. The number of aliphatic carboxylic acids is 2. The lowest BCUT2D eigenvalue weighted by Crippen LogP contribution is -2.76. The highest BCUT2D eigenvalue weighted by Gasteiger charge is 2.66. The minimum atomic E-state index is -2.32. The molecule has 2 heterocycles. The number of piperidine rings is 2. The molecule has 8 heteroatoms. The first-order chi connectivity index (χ1) is 17.8. The van der Waals surface area contributed by atoms with E-state index in [1.807, 2.05) is 79.0 Å². The monoisotopic (exact) mass is 548 g/mol. The van der Waals surface area contributed by atoms with Crippen LogP contribution in [0.3, 0.4) is 0 Å². The van der Waals surface area contributed by atoms with Crippen molar-refractivity contribution in [3.63, 3.8) is 0 Å². The van der Waals surface area contributed by atoms with Gasteiger partial charge in [0.15, 0.2) is 0 Å². The first-order valence-corrected chi connectivity index (χ1v) is 14.8.